The fraction of sp³-hybridized carbons (Fsp3) is 0.938. The lowest BCUT2D eigenvalue weighted by atomic mass is 9.40. The van der Waals surface area contributed by atoms with Crippen LogP contribution in [0.2, 0.25) is 0 Å². The Balaban J connectivity index is 1.36. The lowest BCUT2D eigenvalue weighted by Gasteiger charge is -2.67. The van der Waals surface area contributed by atoms with E-state index in [1.807, 2.05) is 0 Å². The summed E-state index contributed by atoms with van der Waals surface area (Å²) in [4.78, 5) is 0. The molecule has 4 rings (SSSR count). The zero-order chi connectivity index (χ0) is 24.8. The van der Waals surface area contributed by atoms with Gasteiger partial charge >= 0.3 is 0 Å². The first-order chi connectivity index (χ1) is 15.9. The van der Waals surface area contributed by atoms with Crippen LogP contribution in [0, 0.1) is 45.8 Å². The van der Waals surface area contributed by atoms with Crippen LogP contribution in [-0.4, -0.2) is 12.1 Å². The Morgan fingerprint density at radius 3 is 2.41 bits per heavy atom. The SMILES string of the molecule is C=C(CCCCC1CCC2C3C[C@H](CC)C4(N)CCCCC4(C)[C@H]3CCC12C)NCC(C)(C)C. The lowest BCUT2D eigenvalue weighted by Crippen LogP contribution is -2.69. The summed E-state index contributed by atoms with van der Waals surface area (Å²) in [6.45, 7) is 20.0. The molecular weight excluding hydrogens is 412 g/mol. The van der Waals surface area contributed by atoms with Crippen molar-refractivity contribution in [3.05, 3.63) is 12.3 Å². The van der Waals surface area contributed by atoms with E-state index >= 15 is 0 Å². The molecule has 0 aliphatic heterocycles. The zero-order valence-electron chi connectivity index (χ0n) is 23.8. The van der Waals surface area contributed by atoms with E-state index in [9.17, 15) is 0 Å². The lowest BCUT2D eigenvalue weighted by molar-refractivity contribution is -0.148. The maximum absolute atomic E-state index is 7.40. The Morgan fingerprint density at radius 1 is 0.971 bits per heavy atom. The number of allylic oxidation sites excluding steroid dienone is 1. The molecule has 0 aromatic heterocycles. The highest BCUT2D eigenvalue weighted by Crippen LogP contribution is 2.69. The normalized spacial score (nSPS) is 44.1. The van der Waals surface area contributed by atoms with Gasteiger partial charge in [-0.05, 0) is 110 Å². The second-order valence-electron chi connectivity index (χ2n) is 15.0. The number of fused-ring (bicyclic) bond motifs is 5. The van der Waals surface area contributed by atoms with Gasteiger partial charge < -0.3 is 11.1 Å². The third-order valence-electron chi connectivity index (χ3n) is 12.0. The number of rotatable bonds is 8. The van der Waals surface area contributed by atoms with E-state index in [0.717, 1.165) is 42.6 Å². The van der Waals surface area contributed by atoms with Gasteiger partial charge in [0.15, 0.2) is 0 Å². The summed E-state index contributed by atoms with van der Waals surface area (Å²) in [6, 6.07) is 0. The van der Waals surface area contributed by atoms with E-state index in [1.54, 1.807) is 0 Å². The quantitative estimate of drug-likeness (QED) is 0.349. The van der Waals surface area contributed by atoms with Gasteiger partial charge in [-0.1, -0.05) is 73.8 Å². The summed E-state index contributed by atoms with van der Waals surface area (Å²) in [7, 11) is 0. The molecule has 4 aliphatic rings. The van der Waals surface area contributed by atoms with Gasteiger partial charge in [-0.25, -0.2) is 0 Å². The van der Waals surface area contributed by atoms with E-state index in [0.29, 0.717) is 16.2 Å². The van der Waals surface area contributed by atoms with Gasteiger partial charge in [0, 0.05) is 17.8 Å². The van der Waals surface area contributed by atoms with Crippen molar-refractivity contribution in [2.24, 2.45) is 51.6 Å². The van der Waals surface area contributed by atoms with E-state index in [-0.39, 0.29) is 5.54 Å². The van der Waals surface area contributed by atoms with Crippen molar-refractivity contribution in [1.82, 2.24) is 5.32 Å². The monoisotopic (exact) mass is 470 g/mol. The molecule has 0 aromatic rings. The summed E-state index contributed by atoms with van der Waals surface area (Å²) >= 11 is 0. The van der Waals surface area contributed by atoms with Crippen molar-refractivity contribution in [3.8, 4) is 0 Å². The molecule has 0 amide bonds. The first kappa shape index (κ1) is 26.6. The molecule has 4 fully saturated rings. The maximum atomic E-state index is 7.40. The smallest absolute Gasteiger partial charge is 0.0240 e. The van der Waals surface area contributed by atoms with Crippen LogP contribution < -0.4 is 11.1 Å². The Hall–Kier alpha value is -0.500. The molecule has 0 bridgehead atoms. The van der Waals surface area contributed by atoms with E-state index in [2.05, 4.69) is 53.4 Å². The molecule has 0 saturated heterocycles. The van der Waals surface area contributed by atoms with Gasteiger partial charge in [-0.15, -0.1) is 0 Å². The Morgan fingerprint density at radius 2 is 1.71 bits per heavy atom. The third-order valence-corrected chi connectivity index (χ3v) is 12.0. The van der Waals surface area contributed by atoms with Crippen molar-refractivity contribution in [2.75, 3.05) is 6.54 Å². The van der Waals surface area contributed by atoms with Crippen LogP contribution in [-0.2, 0) is 0 Å². The van der Waals surface area contributed by atoms with Gasteiger partial charge in [0.2, 0.25) is 0 Å². The summed E-state index contributed by atoms with van der Waals surface area (Å²) in [5.74, 6) is 4.46. The molecule has 6 unspecified atom stereocenters. The highest BCUT2D eigenvalue weighted by Gasteiger charge is 2.65. The Kier molecular flexibility index (Phi) is 7.62. The predicted molar refractivity (Wildman–Crippen MR) is 147 cm³/mol. The number of unbranched alkanes of at least 4 members (excludes halogenated alkanes) is 1. The molecule has 0 heterocycles. The minimum atomic E-state index is 0.107. The number of nitrogens with one attached hydrogen (secondary N) is 1. The minimum Gasteiger partial charge on any atom is -0.388 e. The fourth-order valence-electron chi connectivity index (χ4n) is 9.90. The van der Waals surface area contributed by atoms with Gasteiger partial charge in [0.05, 0.1) is 0 Å². The zero-order valence-corrected chi connectivity index (χ0v) is 23.8. The molecule has 34 heavy (non-hydrogen) atoms. The molecule has 4 saturated carbocycles. The van der Waals surface area contributed by atoms with Crippen molar-refractivity contribution in [1.29, 1.82) is 0 Å². The summed E-state index contributed by atoms with van der Waals surface area (Å²) < 4.78 is 0. The van der Waals surface area contributed by atoms with E-state index < -0.39 is 0 Å². The number of hydrogen-bond acceptors (Lipinski definition) is 2. The van der Waals surface area contributed by atoms with Crippen molar-refractivity contribution >= 4 is 0 Å². The van der Waals surface area contributed by atoms with Gasteiger partial charge in [-0.3, -0.25) is 0 Å². The fourth-order valence-corrected chi connectivity index (χ4v) is 9.90. The highest BCUT2D eigenvalue weighted by atomic mass is 14.9. The van der Waals surface area contributed by atoms with Crippen LogP contribution >= 0.6 is 0 Å². The molecule has 0 radical (unpaired) electrons. The molecule has 0 spiro atoms. The van der Waals surface area contributed by atoms with Crippen LogP contribution in [0.1, 0.15) is 131 Å². The summed E-state index contributed by atoms with van der Waals surface area (Å²) in [5.41, 5.74) is 10.0. The van der Waals surface area contributed by atoms with Gasteiger partial charge in [0.25, 0.3) is 0 Å². The maximum Gasteiger partial charge on any atom is 0.0240 e. The first-order valence-corrected chi connectivity index (χ1v) is 15.1. The second-order valence-corrected chi connectivity index (χ2v) is 15.0. The summed E-state index contributed by atoms with van der Waals surface area (Å²) in [5, 5.41) is 3.57. The molecule has 3 N–H and O–H groups in total. The average molecular weight is 471 g/mol. The average Bonchev–Trinajstić information content (AvgIpc) is 3.11. The molecule has 196 valence electrons. The molecule has 4 aliphatic carbocycles. The van der Waals surface area contributed by atoms with Crippen LogP contribution in [0.25, 0.3) is 0 Å². The van der Waals surface area contributed by atoms with Gasteiger partial charge in [-0.2, -0.15) is 0 Å². The van der Waals surface area contributed by atoms with Crippen molar-refractivity contribution in [3.63, 3.8) is 0 Å². The minimum absolute atomic E-state index is 0.107. The Labute approximate surface area is 212 Å². The third kappa shape index (κ3) is 4.64. The Bertz CT molecular complexity index is 721. The van der Waals surface area contributed by atoms with Gasteiger partial charge in [0.1, 0.15) is 0 Å². The molecule has 0 aromatic carbocycles. The molecular formula is C32H58N2. The van der Waals surface area contributed by atoms with Crippen LogP contribution in [0.15, 0.2) is 12.3 Å². The van der Waals surface area contributed by atoms with Crippen molar-refractivity contribution in [2.45, 2.75) is 137 Å². The largest absolute Gasteiger partial charge is 0.388 e. The van der Waals surface area contributed by atoms with Crippen LogP contribution in [0.4, 0.5) is 0 Å². The van der Waals surface area contributed by atoms with Crippen LogP contribution in [0.5, 0.6) is 0 Å². The number of nitrogens with two attached hydrogens (primary N) is 1. The van der Waals surface area contributed by atoms with Crippen molar-refractivity contribution < 1.29 is 0 Å². The second kappa shape index (κ2) is 9.75. The highest BCUT2D eigenvalue weighted by molar-refractivity contribution is 5.17. The molecule has 2 nitrogen and oxygen atoms in total. The number of hydrogen-bond donors (Lipinski definition) is 2. The van der Waals surface area contributed by atoms with Crippen LogP contribution in [0.3, 0.4) is 0 Å². The standard InChI is InChI=1S/C32H58N2/c1-8-24-21-26-27-16-15-25(14-10-9-13-23(2)34-22-29(3,4)5)30(27,6)20-17-28(26)31(7)18-11-12-19-32(24,31)33/h24-28,34H,2,8-22,33H2,1,3-7H3/t24-,25?,26?,27?,28-,30?,31?,32?/m0/s1. The topological polar surface area (TPSA) is 38.0 Å². The molecule has 8 atom stereocenters. The first-order valence-electron chi connectivity index (χ1n) is 15.1. The van der Waals surface area contributed by atoms with E-state index in [1.165, 1.54) is 89.2 Å². The predicted octanol–water partition coefficient (Wildman–Crippen LogP) is 8.46. The molecule has 2 heteroatoms. The summed E-state index contributed by atoms with van der Waals surface area (Å²) in [6.07, 6.45) is 19.3. The van der Waals surface area contributed by atoms with E-state index in [4.69, 9.17) is 5.73 Å².